The van der Waals surface area contributed by atoms with Crippen molar-refractivity contribution in [3.63, 3.8) is 0 Å². The maximum atomic E-state index is 11.6. The van der Waals surface area contributed by atoms with Crippen molar-refractivity contribution >= 4 is 34.4 Å². The molecule has 2 heterocycles. The van der Waals surface area contributed by atoms with E-state index in [2.05, 4.69) is 16.6 Å². The van der Waals surface area contributed by atoms with Gasteiger partial charge in [-0.1, -0.05) is 6.92 Å². The molecule has 4 nitrogen and oxygen atoms in total. The van der Waals surface area contributed by atoms with E-state index in [4.69, 9.17) is 0 Å². The predicted molar refractivity (Wildman–Crippen MR) is 76.1 cm³/mol. The van der Waals surface area contributed by atoms with Crippen LogP contribution in [0.4, 0.5) is 0 Å². The molecule has 0 aliphatic heterocycles. The highest BCUT2D eigenvalue weighted by molar-refractivity contribution is 7.22. The van der Waals surface area contributed by atoms with Gasteiger partial charge >= 0.3 is 5.97 Å². The van der Waals surface area contributed by atoms with Gasteiger partial charge in [0, 0.05) is 11.8 Å². The highest BCUT2D eigenvalue weighted by Crippen LogP contribution is 2.33. The molecule has 0 amide bonds. The van der Waals surface area contributed by atoms with Gasteiger partial charge in [0.05, 0.1) is 12.0 Å². The van der Waals surface area contributed by atoms with Crippen molar-refractivity contribution in [1.29, 1.82) is 0 Å². The van der Waals surface area contributed by atoms with Crippen molar-refractivity contribution in [3.8, 4) is 9.88 Å². The van der Waals surface area contributed by atoms with Crippen molar-refractivity contribution in [2.75, 3.05) is 7.11 Å². The quantitative estimate of drug-likeness (QED) is 0.640. The molecule has 19 heavy (non-hydrogen) atoms. The van der Waals surface area contributed by atoms with E-state index >= 15 is 0 Å². The number of nitrogens with zero attached hydrogens (tertiary/aromatic N) is 1. The molecule has 0 N–H and O–H groups in total. The molecule has 2 aromatic rings. The molecule has 0 unspecified atom stereocenters. The van der Waals surface area contributed by atoms with Crippen molar-refractivity contribution in [2.45, 2.75) is 20.3 Å². The molecule has 0 fully saturated rings. The van der Waals surface area contributed by atoms with Gasteiger partial charge in [-0.05, 0) is 18.6 Å². The zero-order valence-electron chi connectivity index (χ0n) is 10.9. The number of aryl methyl sites for hydroxylation is 1. The lowest BCUT2D eigenvalue weighted by Crippen LogP contribution is -2.06. The fourth-order valence-corrected chi connectivity index (χ4v) is 3.53. The minimum atomic E-state index is -0.569. The first-order valence-corrected chi connectivity index (χ1v) is 7.39. The first-order chi connectivity index (χ1) is 9.06. The van der Waals surface area contributed by atoms with E-state index in [9.17, 15) is 9.59 Å². The molecular formula is C13H13NO3S2. The topological polar surface area (TPSA) is 56.3 Å². The number of hydrogen-bond acceptors (Lipinski definition) is 6. The van der Waals surface area contributed by atoms with Crippen LogP contribution in [0.2, 0.25) is 0 Å². The Kier molecular flexibility index (Phi) is 4.11. The van der Waals surface area contributed by atoms with Gasteiger partial charge in [-0.15, -0.1) is 22.7 Å². The Labute approximate surface area is 119 Å². The van der Waals surface area contributed by atoms with Crippen molar-refractivity contribution in [2.24, 2.45) is 0 Å². The Morgan fingerprint density at radius 3 is 2.58 bits per heavy atom. The normalized spacial score (nSPS) is 10.5. The molecule has 0 saturated carbocycles. The first-order valence-electron chi connectivity index (χ1n) is 5.76. The predicted octanol–water partition coefficient (Wildman–Crippen LogP) is 3.42. The molecule has 0 radical (unpaired) electrons. The summed E-state index contributed by atoms with van der Waals surface area (Å²) >= 11 is 2.86. The van der Waals surface area contributed by atoms with Crippen LogP contribution in [0.3, 0.4) is 0 Å². The van der Waals surface area contributed by atoms with E-state index in [-0.39, 0.29) is 11.5 Å². The molecule has 0 atom stereocenters. The summed E-state index contributed by atoms with van der Waals surface area (Å²) < 4.78 is 4.66. The third-order valence-corrected chi connectivity index (χ3v) is 5.10. The lowest BCUT2D eigenvalue weighted by molar-refractivity contribution is 0.0591. The summed E-state index contributed by atoms with van der Waals surface area (Å²) in [6.45, 7) is 3.51. The van der Waals surface area contributed by atoms with Gasteiger partial charge in [0.1, 0.15) is 9.88 Å². The summed E-state index contributed by atoms with van der Waals surface area (Å²) in [5, 5.41) is 0.690. The second-order valence-corrected chi connectivity index (χ2v) is 6.03. The molecule has 0 spiro atoms. The summed E-state index contributed by atoms with van der Waals surface area (Å²) in [5.74, 6) is -0.739. The van der Waals surface area contributed by atoms with E-state index < -0.39 is 5.97 Å². The lowest BCUT2D eigenvalue weighted by atomic mass is 10.3. The fraction of sp³-hybridized carbons (Fsp3) is 0.308. The van der Waals surface area contributed by atoms with Gasteiger partial charge in [0.15, 0.2) is 11.5 Å². The number of thiazole rings is 1. The second-order valence-electron chi connectivity index (χ2n) is 3.86. The lowest BCUT2D eigenvalue weighted by Gasteiger charge is -1.95. The van der Waals surface area contributed by atoms with Crippen LogP contribution in [0, 0.1) is 0 Å². The van der Waals surface area contributed by atoms with Crippen LogP contribution in [0.1, 0.15) is 38.9 Å². The maximum absolute atomic E-state index is 11.6. The third kappa shape index (κ3) is 2.74. The van der Waals surface area contributed by atoms with Gasteiger partial charge in [-0.2, -0.15) is 0 Å². The van der Waals surface area contributed by atoms with Crippen molar-refractivity contribution in [1.82, 2.24) is 4.98 Å². The van der Waals surface area contributed by atoms with Crippen LogP contribution in [-0.4, -0.2) is 23.8 Å². The number of thiophene rings is 1. The smallest absolute Gasteiger partial charge is 0.358 e. The molecule has 0 saturated heterocycles. The average Bonchev–Trinajstić information content (AvgIpc) is 3.03. The summed E-state index contributed by atoms with van der Waals surface area (Å²) in [5.41, 5.74) is 0.112. The van der Waals surface area contributed by atoms with Crippen LogP contribution >= 0.6 is 22.7 Å². The molecule has 6 heteroatoms. The van der Waals surface area contributed by atoms with Crippen LogP contribution in [0.25, 0.3) is 9.88 Å². The highest BCUT2D eigenvalue weighted by atomic mass is 32.1. The summed E-state index contributed by atoms with van der Waals surface area (Å²) in [6.07, 6.45) is 0.958. The molecular weight excluding hydrogens is 282 g/mol. The number of ketones is 1. The number of Topliss-reactive ketones (excluding diaryl/α,β-unsaturated/α-hetero) is 1. The van der Waals surface area contributed by atoms with Crippen molar-refractivity contribution < 1.29 is 14.3 Å². The third-order valence-electron chi connectivity index (χ3n) is 2.55. The minimum Gasteiger partial charge on any atom is -0.464 e. The van der Waals surface area contributed by atoms with Gasteiger partial charge in [0.25, 0.3) is 0 Å². The van der Waals surface area contributed by atoms with Crippen LogP contribution in [0.15, 0.2) is 12.1 Å². The number of carbonyl (C=O) groups is 2. The molecule has 2 aromatic heterocycles. The number of hydrogen-bond donors (Lipinski definition) is 0. The molecule has 2 rings (SSSR count). The Morgan fingerprint density at radius 1 is 1.32 bits per heavy atom. The zero-order valence-corrected chi connectivity index (χ0v) is 12.5. The SMILES string of the molecule is CCc1ccc(-c2nc(C(=O)OC)c(C(C)=O)s2)s1. The van der Waals surface area contributed by atoms with E-state index in [1.807, 2.05) is 12.1 Å². The van der Waals surface area contributed by atoms with Crippen LogP contribution in [-0.2, 0) is 11.2 Å². The van der Waals surface area contributed by atoms with Crippen LogP contribution in [0.5, 0.6) is 0 Å². The first kappa shape index (κ1) is 13.9. The van der Waals surface area contributed by atoms with E-state index in [1.54, 1.807) is 11.3 Å². The number of rotatable bonds is 4. The summed E-state index contributed by atoms with van der Waals surface area (Å²) in [7, 11) is 1.28. The number of carbonyl (C=O) groups excluding carboxylic acids is 2. The number of esters is 1. The Morgan fingerprint density at radius 2 is 2.05 bits per heavy atom. The van der Waals surface area contributed by atoms with Gasteiger partial charge < -0.3 is 4.74 Å². The Bertz CT molecular complexity index is 628. The number of ether oxygens (including phenoxy) is 1. The second kappa shape index (κ2) is 5.63. The van der Waals surface area contributed by atoms with E-state index in [0.29, 0.717) is 9.88 Å². The molecule has 0 aliphatic rings. The Hall–Kier alpha value is -1.53. The molecule has 0 bridgehead atoms. The molecule has 0 aromatic carbocycles. The number of methoxy groups -OCH3 is 1. The van der Waals surface area contributed by atoms with Crippen LogP contribution < -0.4 is 0 Å². The van der Waals surface area contributed by atoms with Gasteiger partial charge in [0.2, 0.25) is 0 Å². The number of aromatic nitrogens is 1. The highest BCUT2D eigenvalue weighted by Gasteiger charge is 2.22. The average molecular weight is 295 g/mol. The molecule has 0 aliphatic carbocycles. The summed E-state index contributed by atoms with van der Waals surface area (Å²) in [4.78, 5) is 30.0. The van der Waals surface area contributed by atoms with E-state index in [1.165, 1.54) is 30.2 Å². The van der Waals surface area contributed by atoms with Crippen molar-refractivity contribution in [3.05, 3.63) is 27.6 Å². The largest absolute Gasteiger partial charge is 0.464 e. The van der Waals surface area contributed by atoms with E-state index in [0.717, 1.165) is 11.3 Å². The molecule has 100 valence electrons. The standard InChI is InChI=1S/C13H13NO3S2/c1-4-8-5-6-9(18-8)12-14-10(13(16)17-3)11(19-12)7(2)15/h5-6H,4H2,1-3H3. The monoisotopic (exact) mass is 295 g/mol. The maximum Gasteiger partial charge on any atom is 0.358 e. The van der Waals surface area contributed by atoms with Gasteiger partial charge in [-0.3, -0.25) is 4.79 Å². The zero-order chi connectivity index (χ0) is 14.0. The Balaban J connectivity index is 2.48. The summed E-state index contributed by atoms with van der Waals surface area (Å²) in [6, 6.07) is 4.00. The minimum absolute atomic E-state index is 0.112. The fourth-order valence-electron chi connectivity index (χ4n) is 1.58. The van der Waals surface area contributed by atoms with Gasteiger partial charge in [-0.25, -0.2) is 9.78 Å².